The first-order valence-corrected chi connectivity index (χ1v) is 7.20. The van der Waals surface area contributed by atoms with E-state index in [1.807, 2.05) is 20.8 Å². The van der Waals surface area contributed by atoms with Crippen LogP contribution in [0.3, 0.4) is 0 Å². The summed E-state index contributed by atoms with van der Waals surface area (Å²) in [5.74, 6) is 0. The standard InChI is InChI=1S/C10H25N3O2S/c1-5-8-13(9-6-7-11)16(14,15)12(4)10(2)3/h10H,5-9,11H2,1-4H3. The van der Waals surface area contributed by atoms with Gasteiger partial charge in [0.1, 0.15) is 0 Å². The van der Waals surface area contributed by atoms with Crippen molar-refractivity contribution in [3.05, 3.63) is 0 Å². The molecule has 2 N–H and O–H groups in total. The van der Waals surface area contributed by atoms with Gasteiger partial charge in [-0.25, -0.2) is 0 Å². The summed E-state index contributed by atoms with van der Waals surface area (Å²) < 4.78 is 27.3. The van der Waals surface area contributed by atoms with Gasteiger partial charge in [-0.05, 0) is 33.2 Å². The van der Waals surface area contributed by atoms with Crippen molar-refractivity contribution in [1.82, 2.24) is 8.61 Å². The first-order valence-electron chi connectivity index (χ1n) is 5.81. The van der Waals surface area contributed by atoms with Gasteiger partial charge in [-0.15, -0.1) is 0 Å². The van der Waals surface area contributed by atoms with Crippen LogP contribution in [0.5, 0.6) is 0 Å². The fourth-order valence-corrected chi connectivity index (χ4v) is 2.98. The SMILES string of the molecule is CCCN(CCCN)S(=O)(=O)N(C)C(C)C. The van der Waals surface area contributed by atoms with Crippen LogP contribution in [0.4, 0.5) is 0 Å². The number of rotatable bonds is 8. The normalized spacial score (nSPS) is 13.0. The minimum Gasteiger partial charge on any atom is -0.330 e. The Hall–Kier alpha value is -0.170. The summed E-state index contributed by atoms with van der Waals surface area (Å²) in [6.07, 6.45) is 1.51. The summed E-state index contributed by atoms with van der Waals surface area (Å²) in [5, 5.41) is 0. The molecule has 0 bridgehead atoms. The van der Waals surface area contributed by atoms with E-state index in [0.717, 1.165) is 6.42 Å². The monoisotopic (exact) mass is 251 g/mol. The highest BCUT2D eigenvalue weighted by Crippen LogP contribution is 2.11. The molecule has 0 amide bonds. The molecule has 0 aromatic heterocycles. The lowest BCUT2D eigenvalue weighted by Crippen LogP contribution is -2.45. The molecule has 5 nitrogen and oxygen atoms in total. The average molecular weight is 251 g/mol. The predicted molar refractivity (Wildman–Crippen MR) is 67.4 cm³/mol. The average Bonchev–Trinajstić information content (AvgIpc) is 2.22. The topological polar surface area (TPSA) is 66.6 Å². The van der Waals surface area contributed by atoms with Gasteiger partial charge in [0.05, 0.1) is 0 Å². The summed E-state index contributed by atoms with van der Waals surface area (Å²) in [6, 6.07) is -0.0257. The predicted octanol–water partition coefficient (Wildman–Crippen LogP) is 0.632. The van der Waals surface area contributed by atoms with Gasteiger partial charge in [0.25, 0.3) is 10.2 Å². The van der Waals surface area contributed by atoms with Gasteiger partial charge in [0.15, 0.2) is 0 Å². The Balaban J connectivity index is 4.74. The molecular formula is C10H25N3O2S. The van der Waals surface area contributed by atoms with Gasteiger partial charge in [0, 0.05) is 26.2 Å². The molecule has 0 aliphatic carbocycles. The molecule has 6 heteroatoms. The Labute approximate surface area is 99.8 Å². The quantitative estimate of drug-likeness (QED) is 0.688. The van der Waals surface area contributed by atoms with E-state index in [-0.39, 0.29) is 6.04 Å². The van der Waals surface area contributed by atoms with Crippen LogP contribution < -0.4 is 5.73 Å². The molecule has 98 valence electrons. The van der Waals surface area contributed by atoms with Crippen molar-refractivity contribution in [3.8, 4) is 0 Å². The van der Waals surface area contributed by atoms with Crippen LogP contribution in [0.1, 0.15) is 33.6 Å². The maximum Gasteiger partial charge on any atom is 0.281 e. The molecule has 0 spiro atoms. The maximum atomic E-state index is 12.2. The van der Waals surface area contributed by atoms with Crippen molar-refractivity contribution in [2.45, 2.75) is 39.7 Å². The van der Waals surface area contributed by atoms with Crippen LogP contribution in [0.15, 0.2) is 0 Å². The van der Waals surface area contributed by atoms with Crippen LogP contribution in [0.25, 0.3) is 0 Å². The molecule has 0 aliphatic heterocycles. The van der Waals surface area contributed by atoms with E-state index in [4.69, 9.17) is 5.73 Å². The van der Waals surface area contributed by atoms with E-state index in [1.54, 1.807) is 7.05 Å². The third-order valence-electron chi connectivity index (χ3n) is 2.50. The number of hydrogen-bond donors (Lipinski definition) is 1. The lowest BCUT2D eigenvalue weighted by Gasteiger charge is -2.29. The molecule has 0 rings (SSSR count). The van der Waals surface area contributed by atoms with Crippen LogP contribution in [0, 0.1) is 0 Å². The minimum absolute atomic E-state index is 0.0257. The van der Waals surface area contributed by atoms with Crippen molar-refractivity contribution in [1.29, 1.82) is 0 Å². The molecule has 16 heavy (non-hydrogen) atoms. The zero-order valence-corrected chi connectivity index (χ0v) is 11.6. The first-order chi connectivity index (χ1) is 7.37. The summed E-state index contributed by atoms with van der Waals surface area (Å²) in [7, 11) is -1.71. The Kier molecular flexibility index (Phi) is 7.14. The summed E-state index contributed by atoms with van der Waals surface area (Å²) in [6.45, 7) is 7.28. The largest absolute Gasteiger partial charge is 0.330 e. The fourth-order valence-electron chi connectivity index (χ4n) is 1.31. The Morgan fingerprint density at radius 3 is 2.19 bits per heavy atom. The number of nitrogens with two attached hydrogens (primary N) is 1. The zero-order valence-electron chi connectivity index (χ0n) is 10.8. The summed E-state index contributed by atoms with van der Waals surface area (Å²) in [5.41, 5.74) is 5.42. The Bertz CT molecular complexity index is 278. The van der Waals surface area contributed by atoms with Crippen LogP contribution in [0.2, 0.25) is 0 Å². The molecule has 0 heterocycles. The second-order valence-corrected chi connectivity index (χ2v) is 6.15. The molecule has 0 atom stereocenters. The second kappa shape index (κ2) is 7.21. The van der Waals surface area contributed by atoms with E-state index in [1.165, 1.54) is 8.61 Å². The van der Waals surface area contributed by atoms with Crippen LogP contribution >= 0.6 is 0 Å². The van der Waals surface area contributed by atoms with Crippen molar-refractivity contribution in [2.75, 3.05) is 26.7 Å². The van der Waals surface area contributed by atoms with Crippen LogP contribution in [-0.2, 0) is 10.2 Å². The van der Waals surface area contributed by atoms with Gasteiger partial charge in [-0.3, -0.25) is 0 Å². The molecule has 0 aliphatic rings. The lowest BCUT2D eigenvalue weighted by atomic mass is 10.4. The van der Waals surface area contributed by atoms with Crippen molar-refractivity contribution < 1.29 is 8.42 Å². The van der Waals surface area contributed by atoms with E-state index in [9.17, 15) is 8.42 Å². The molecule has 0 unspecified atom stereocenters. The second-order valence-electron chi connectivity index (χ2n) is 4.16. The molecule has 0 aromatic rings. The lowest BCUT2D eigenvalue weighted by molar-refractivity contribution is 0.332. The fraction of sp³-hybridized carbons (Fsp3) is 1.00. The highest BCUT2D eigenvalue weighted by Gasteiger charge is 2.27. The number of nitrogens with zero attached hydrogens (tertiary/aromatic N) is 2. The van der Waals surface area contributed by atoms with E-state index in [0.29, 0.717) is 26.1 Å². The van der Waals surface area contributed by atoms with Gasteiger partial charge < -0.3 is 5.73 Å². The Morgan fingerprint density at radius 2 is 1.81 bits per heavy atom. The highest BCUT2D eigenvalue weighted by atomic mass is 32.2. The minimum atomic E-state index is -3.32. The van der Waals surface area contributed by atoms with Crippen LogP contribution in [-0.4, -0.2) is 49.8 Å². The van der Waals surface area contributed by atoms with Gasteiger partial charge in [0.2, 0.25) is 0 Å². The first kappa shape index (κ1) is 15.8. The molecule has 0 saturated heterocycles. The molecule has 0 aromatic carbocycles. The third-order valence-corrected chi connectivity index (χ3v) is 4.67. The van der Waals surface area contributed by atoms with E-state index >= 15 is 0 Å². The number of hydrogen-bond acceptors (Lipinski definition) is 3. The summed E-state index contributed by atoms with van der Waals surface area (Å²) in [4.78, 5) is 0. The molecular weight excluding hydrogens is 226 g/mol. The Morgan fingerprint density at radius 1 is 1.25 bits per heavy atom. The van der Waals surface area contributed by atoms with Crippen molar-refractivity contribution >= 4 is 10.2 Å². The van der Waals surface area contributed by atoms with Gasteiger partial charge in [-0.1, -0.05) is 6.92 Å². The van der Waals surface area contributed by atoms with Gasteiger partial charge >= 0.3 is 0 Å². The summed E-state index contributed by atoms with van der Waals surface area (Å²) >= 11 is 0. The van der Waals surface area contributed by atoms with E-state index in [2.05, 4.69) is 0 Å². The molecule has 0 saturated carbocycles. The van der Waals surface area contributed by atoms with Gasteiger partial charge in [-0.2, -0.15) is 17.0 Å². The smallest absolute Gasteiger partial charge is 0.281 e. The molecule has 0 fully saturated rings. The maximum absolute atomic E-state index is 12.2. The third kappa shape index (κ3) is 4.37. The van der Waals surface area contributed by atoms with Crippen molar-refractivity contribution in [2.24, 2.45) is 5.73 Å². The van der Waals surface area contributed by atoms with Crippen molar-refractivity contribution in [3.63, 3.8) is 0 Å². The zero-order chi connectivity index (χ0) is 12.8. The molecule has 0 radical (unpaired) electrons. The van der Waals surface area contributed by atoms with E-state index < -0.39 is 10.2 Å². The highest BCUT2D eigenvalue weighted by molar-refractivity contribution is 7.86.